The van der Waals surface area contributed by atoms with Crippen LogP contribution in [-0.4, -0.2) is 22.8 Å². The average Bonchev–Trinajstić information content (AvgIpc) is 2.26. The van der Waals surface area contributed by atoms with Crippen molar-refractivity contribution in [1.82, 2.24) is 5.32 Å². The van der Waals surface area contributed by atoms with Crippen molar-refractivity contribution in [1.29, 1.82) is 0 Å². The molecule has 1 atom stereocenters. The summed E-state index contributed by atoms with van der Waals surface area (Å²) in [6.07, 6.45) is 0. The van der Waals surface area contributed by atoms with E-state index in [1.807, 2.05) is 13.8 Å². The van der Waals surface area contributed by atoms with Crippen molar-refractivity contribution in [2.75, 3.05) is 0 Å². The first-order chi connectivity index (χ1) is 5.95. The zero-order chi connectivity index (χ0) is 10.2. The van der Waals surface area contributed by atoms with Gasteiger partial charge in [0, 0.05) is 0 Å². The van der Waals surface area contributed by atoms with Crippen LogP contribution in [0.1, 0.15) is 20.8 Å². The fourth-order valence-electron chi connectivity index (χ4n) is 1.38. The molecule has 0 saturated heterocycles. The lowest BCUT2D eigenvalue weighted by molar-refractivity contribution is -0.121. The van der Waals surface area contributed by atoms with Gasteiger partial charge in [0.15, 0.2) is 5.78 Å². The molecule has 0 saturated carbocycles. The molecule has 0 bridgehead atoms. The molecule has 72 valence electrons. The molecule has 1 rings (SSSR count). The van der Waals surface area contributed by atoms with Crippen LogP contribution in [0, 0.1) is 5.92 Å². The van der Waals surface area contributed by atoms with E-state index in [1.54, 1.807) is 0 Å². The molecule has 4 heteroatoms. The molecule has 0 aromatic rings. The van der Waals surface area contributed by atoms with Crippen molar-refractivity contribution in [3.63, 3.8) is 0 Å². The maximum Gasteiger partial charge on any atom is 0.259 e. The Morgan fingerprint density at radius 3 is 2.31 bits per heavy atom. The van der Waals surface area contributed by atoms with Gasteiger partial charge in [-0.2, -0.15) is 0 Å². The largest absolute Gasteiger partial charge is 0.509 e. The summed E-state index contributed by atoms with van der Waals surface area (Å²) in [7, 11) is 0. The van der Waals surface area contributed by atoms with E-state index in [1.165, 1.54) is 6.92 Å². The van der Waals surface area contributed by atoms with Crippen molar-refractivity contribution < 1.29 is 14.7 Å². The topological polar surface area (TPSA) is 66.4 Å². The van der Waals surface area contributed by atoms with Gasteiger partial charge in [0.1, 0.15) is 11.3 Å². The molecule has 0 fully saturated rings. The third-order valence-electron chi connectivity index (χ3n) is 2.08. The number of ketones is 1. The van der Waals surface area contributed by atoms with Crippen LogP contribution in [0.2, 0.25) is 0 Å². The lowest BCUT2D eigenvalue weighted by Gasteiger charge is -2.14. The van der Waals surface area contributed by atoms with Crippen molar-refractivity contribution in [2.24, 2.45) is 5.92 Å². The maximum atomic E-state index is 11.2. The molecular formula is C9H13NO3. The normalized spacial score (nSPS) is 22.5. The van der Waals surface area contributed by atoms with Crippen LogP contribution < -0.4 is 5.32 Å². The van der Waals surface area contributed by atoms with E-state index in [-0.39, 0.29) is 17.3 Å². The number of hydrogen-bond acceptors (Lipinski definition) is 3. The van der Waals surface area contributed by atoms with Crippen LogP contribution in [0.15, 0.2) is 11.3 Å². The summed E-state index contributed by atoms with van der Waals surface area (Å²) in [6.45, 7) is 5.00. The second kappa shape index (κ2) is 3.20. The Morgan fingerprint density at radius 2 is 2.08 bits per heavy atom. The van der Waals surface area contributed by atoms with Crippen LogP contribution in [0.25, 0.3) is 0 Å². The van der Waals surface area contributed by atoms with Gasteiger partial charge in [-0.1, -0.05) is 13.8 Å². The monoisotopic (exact) mass is 183 g/mol. The van der Waals surface area contributed by atoms with Crippen LogP contribution in [0.5, 0.6) is 0 Å². The van der Waals surface area contributed by atoms with Gasteiger partial charge in [0.25, 0.3) is 5.91 Å². The number of aliphatic hydroxyl groups is 1. The molecule has 0 aliphatic carbocycles. The van der Waals surface area contributed by atoms with Gasteiger partial charge in [0.2, 0.25) is 0 Å². The van der Waals surface area contributed by atoms with Gasteiger partial charge in [0.05, 0.1) is 6.04 Å². The minimum Gasteiger partial charge on any atom is -0.509 e. The molecule has 0 radical (unpaired) electrons. The Balaban J connectivity index is 3.04. The van der Waals surface area contributed by atoms with Gasteiger partial charge < -0.3 is 10.4 Å². The number of aliphatic hydroxyl groups excluding tert-OH is 1. The minimum absolute atomic E-state index is 0.0841. The predicted octanol–water partition coefficient (Wildman–Crippen LogP) is 0.542. The van der Waals surface area contributed by atoms with Crippen LogP contribution in [-0.2, 0) is 9.59 Å². The number of nitrogens with one attached hydrogen (secondary N) is 1. The molecule has 1 amide bonds. The lowest BCUT2D eigenvalue weighted by atomic mass is 10.0. The van der Waals surface area contributed by atoms with E-state index < -0.39 is 17.7 Å². The second-order valence-electron chi connectivity index (χ2n) is 3.51. The number of carbonyl (C=O) groups excluding carboxylic acids is 2. The summed E-state index contributed by atoms with van der Waals surface area (Å²) in [4.78, 5) is 22.1. The van der Waals surface area contributed by atoms with Crippen LogP contribution in [0.3, 0.4) is 0 Å². The summed E-state index contributed by atoms with van der Waals surface area (Å²) < 4.78 is 0. The fraction of sp³-hybridized carbons (Fsp3) is 0.556. The number of amides is 1. The van der Waals surface area contributed by atoms with E-state index in [4.69, 9.17) is 0 Å². The average molecular weight is 183 g/mol. The Bertz CT molecular complexity index is 291. The lowest BCUT2D eigenvalue weighted by Crippen LogP contribution is -2.33. The van der Waals surface area contributed by atoms with Crippen LogP contribution in [0.4, 0.5) is 0 Å². The van der Waals surface area contributed by atoms with Crippen LogP contribution >= 0.6 is 0 Å². The zero-order valence-corrected chi connectivity index (χ0v) is 7.92. The van der Waals surface area contributed by atoms with E-state index in [9.17, 15) is 14.7 Å². The Morgan fingerprint density at radius 1 is 1.54 bits per heavy atom. The van der Waals surface area contributed by atoms with E-state index in [0.29, 0.717) is 0 Å². The molecule has 1 aliphatic rings. The molecule has 4 nitrogen and oxygen atoms in total. The summed E-state index contributed by atoms with van der Waals surface area (Å²) in [5.74, 6) is -0.893. The highest BCUT2D eigenvalue weighted by Gasteiger charge is 2.35. The molecule has 0 unspecified atom stereocenters. The fourth-order valence-corrected chi connectivity index (χ4v) is 1.38. The quantitative estimate of drug-likeness (QED) is 0.614. The second-order valence-corrected chi connectivity index (χ2v) is 3.51. The summed E-state index contributed by atoms with van der Waals surface area (Å²) in [5, 5.41) is 12.1. The highest BCUT2D eigenvalue weighted by Crippen LogP contribution is 2.20. The smallest absolute Gasteiger partial charge is 0.259 e. The Kier molecular flexibility index (Phi) is 2.40. The third kappa shape index (κ3) is 1.56. The zero-order valence-electron chi connectivity index (χ0n) is 7.92. The first-order valence-electron chi connectivity index (χ1n) is 4.20. The van der Waals surface area contributed by atoms with E-state index in [2.05, 4.69) is 5.32 Å². The van der Waals surface area contributed by atoms with Gasteiger partial charge in [-0.15, -0.1) is 0 Å². The van der Waals surface area contributed by atoms with Gasteiger partial charge in [-0.3, -0.25) is 9.59 Å². The maximum absolute atomic E-state index is 11.2. The van der Waals surface area contributed by atoms with Gasteiger partial charge >= 0.3 is 0 Å². The third-order valence-corrected chi connectivity index (χ3v) is 2.08. The van der Waals surface area contributed by atoms with Gasteiger partial charge in [-0.25, -0.2) is 0 Å². The SMILES string of the molecule is CC(=O)C1=C(O)[C@H](C(C)C)NC1=O. The molecule has 2 N–H and O–H groups in total. The molecular weight excluding hydrogens is 170 g/mol. The van der Waals surface area contributed by atoms with Crippen molar-refractivity contribution in [2.45, 2.75) is 26.8 Å². The number of carbonyl (C=O) groups is 2. The highest BCUT2D eigenvalue weighted by molar-refractivity contribution is 6.20. The molecule has 1 aliphatic heterocycles. The summed E-state index contributed by atoms with van der Waals surface area (Å²) >= 11 is 0. The van der Waals surface area contributed by atoms with E-state index >= 15 is 0 Å². The number of hydrogen-bond donors (Lipinski definition) is 2. The Hall–Kier alpha value is -1.32. The first kappa shape index (κ1) is 9.77. The predicted molar refractivity (Wildman–Crippen MR) is 47.1 cm³/mol. The number of Topliss-reactive ketones (excluding diaryl/α,β-unsaturated/α-hetero) is 1. The van der Waals surface area contributed by atoms with Gasteiger partial charge in [-0.05, 0) is 12.8 Å². The van der Waals surface area contributed by atoms with Crippen molar-refractivity contribution in [3.8, 4) is 0 Å². The number of rotatable bonds is 2. The molecule has 0 spiro atoms. The molecule has 0 aromatic carbocycles. The summed E-state index contributed by atoms with van der Waals surface area (Å²) in [5.41, 5.74) is -0.0984. The standard InChI is InChI=1S/C9H13NO3/c1-4(2)7-8(12)6(5(3)11)9(13)10-7/h4,7,12H,1-3H3,(H,10,13)/t7-/m0/s1. The minimum atomic E-state index is -0.469. The summed E-state index contributed by atoms with van der Waals surface area (Å²) in [6, 6.07) is -0.411. The molecule has 0 aromatic heterocycles. The highest BCUT2D eigenvalue weighted by atomic mass is 16.3. The van der Waals surface area contributed by atoms with E-state index in [0.717, 1.165) is 0 Å². The first-order valence-corrected chi connectivity index (χ1v) is 4.20. The molecule has 1 heterocycles. The van der Waals surface area contributed by atoms with Crippen molar-refractivity contribution in [3.05, 3.63) is 11.3 Å². The molecule has 13 heavy (non-hydrogen) atoms. The van der Waals surface area contributed by atoms with Crippen molar-refractivity contribution >= 4 is 11.7 Å². The Labute approximate surface area is 76.6 Å².